The number of benzene rings is 3. The molecule has 0 fully saturated rings. The van der Waals surface area contributed by atoms with Gasteiger partial charge in [-0.15, -0.1) is 0 Å². The predicted molar refractivity (Wildman–Crippen MR) is 126 cm³/mol. The number of amides is 1. The van der Waals surface area contributed by atoms with Crippen LogP contribution in [0.2, 0.25) is 0 Å². The molecule has 4 rings (SSSR count). The lowest BCUT2D eigenvalue weighted by Gasteiger charge is -2.18. The number of rotatable bonds is 6. The molecular formula is C23H12BrN3O9. The average Bonchev–Trinajstić information content (AvgIpc) is 2.86. The van der Waals surface area contributed by atoms with E-state index in [4.69, 9.17) is 4.74 Å². The second kappa shape index (κ2) is 9.46. The molecule has 36 heavy (non-hydrogen) atoms. The van der Waals surface area contributed by atoms with Crippen molar-refractivity contribution in [1.82, 2.24) is 0 Å². The van der Waals surface area contributed by atoms with E-state index >= 15 is 0 Å². The number of halogens is 1. The summed E-state index contributed by atoms with van der Waals surface area (Å²) in [6.07, 6.45) is 0. The van der Waals surface area contributed by atoms with Crippen molar-refractivity contribution in [3.8, 4) is 0 Å². The Bertz CT molecular complexity index is 1520. The first-order valence-electron chi connectivity index (χ1n) is 10.0. The summed E-state index contributed by atoms with van der Waals surface area (Å²) in [4.78, 5) is 71.8. The largest absolute Gasteiger partial charge is 0.452 e. The third-order valence-electron chi connectivity index (χ3n) is 5.24. The van der Waals surface area contributed by atoms with Crippen LogP contribution in [-0.2, 0) is 9.53 Å². The highest BCUT2D eigenvalue weighted by Gasteiger charge is 2.39. The number of esters is 1. The van der Waals surface area contributed by atoms with Crippen LogP contribution in [0.4, 0.5) is 17.1 Å². The molecule has 0 saturated carbocycles. The van der Waals surface area contributed by atoms with Gasteiger partial charge in [0.05, 0.1) is 15.5 Å². The van der Waals surface area contributed by atoms with Crippen LogP contribution in [0.15, 0.2) is 59.1 Å². The van der Waals surface area contributed by atoms with E-state index in [1.807, 2.05) is 0 Å². The fourth-order valence-corrected chi connectivity index (χ4v) is 4.10. The molecule has 13 heteroatoms. The van der Waals surface area contributed by atoms with Crippen molar-refractivity contribution < 1.29 is 33.8 Å². The van der Waals surface area contributed by atoms with Crippen LogP contribution in [0, 0.1) is 20.2 Å². The minimum atomic E-state index is -1.26. The lowest BCUT2D eigenvalue weighted by atomic mass is 9.82. The molecule has 0 aromatic heterocycles. The monoisotopic (exact) mass is 553 g/mol. The van der Waals surface area contributed by atoms with Crippen LogP contribution in [-0.4, -0.2) is 39.9 Å². The quantitative estimate of drug-likeness (QED) is 0.211. The summed E-state index contributed by atoms with van der Waals surface area (Å²) in [7, 11) is 0. The van der Waals surface area contributed by atoms with Crippen molar-refractivity contribution in [3.63, 3.8) is 0 Å². The highest BCUT2D eigenvalue weighted by Crippen LogP contribution is 2.36. The van der Waals surface area contributed by atoms with Crippen LogP contribution < -0.4 is 5.32 Å². The van der Waals surface area contributed by atoms with E-state index in [1.165, 1.54) is 24.3 Å². The normalized spacial score (nSPS) is 11.8. The number of fused-ring (bicyclic) bond motifs is 2. The topological polar surface area (TPSA) is 176 Å². The molecule has 0 aliphatic heterocycles. The second-order valence-corrected chi connectivity index (χ2v) is 8.25. The van der Waals surface area contributed by atoms with Gasteiger partial charge in [0.1, 0.15) is 11.1 Å². The first kappa shape index (κ1) is 24.3. The van der Waals surface area contributed by atoms with Gasteiger partial charge in [-0.2, -0.15) is 0 Å². The van der Waals surface area contributed by atoms with Gasteiger partial charge >= 0.3 is 5.97 Å². The number of ketones is 2. The van der Waals surface area contributed by atoms with E-state index in [1.54, 1.807) is 6.07 Å². The Hall–Kier alpha value is -4.78. The Balaban J connectivity index is 1.57. The maximum absolute atomic E-state index is 13.0. The fraction of sp³-hybridized carbons (Fsp3) is 0.0435. The van der Waals surface area contributed by atoms with Crippen molar-refractivity contribution in [2.24, 2.45) is 0 Å². The Kier molecular flexibility index (Phi) is 6.40. The number of non-ortho nitro benzene ring substituents is 1. The van der Waals surface area contributed by atoms with Crippen LogP contribution in [0.1, 0.15) is 42.2 Å². The van der Waals surface area contributed by atoms with Gasteiger partial charge in [0.25, 0.3) is 17.3 Å². The number of anilines is 1. The number of hydrogen-bond acceptors (Lipinski definition) is 9. The molecule has 0 saturated heterocycles. The van der Waals surface area contributed by atoms with Gasteiger partial charge in [0.15, 0.2) is 12.4 Å². The molecule has 1 N–H and O–H groups in total. The molecule has 0 heterocycles. The number of carbonyl (C=O) groups is 4. The third kappa shape index (κ3) is 4.34. The minimum Gasteiger partial charge on any atom is -0.452 e. The highest BCUT2D eigenvalue weighted by atomic mass is 79.9. The van der Waals surface area contributed by atoms with E-state index < -0.39 is 56.7 Å². The zero-order chi connectivity index (χ0) is 26.1. The van der Waals surface area contributed by atoms with Crippen molar-refractivity contribution in [3.05, 3.63) is 107 Å². The Morgan fingerprint density at radius 2 is 1.56 bits per heavy atom. The Morgan fingerprint density at radius 3 is 2.17 bits per heavy atom. The SMILES string of the molecule is O=C(COC(=O)c1ccc2c(c1[N+](=O)[O-])C(=O)c1ccccc1C2=O)Nc1ccc([N+](=O)[O-])cc1Br. The van der Waals surface area contributed by atoms with Gasteiger partial charge in [-0.05, 0) is 34.1 Å². The van der Waals surface area contributed by atoms with Gasteiger partial charge in [-0.25, -0.2) is 4.79 Å². The molecule has 0 radical (unpaired) electrons. The number of nitro groups is 2. The van der Waals surface area contributed by atoms with Gasteiger partial charge in [-0.3, -0.25) is 34.6 Å². The van der Waals surface area contributed by atoms with E-state index in [2.05, 4.69) is 21.2 Å². The summed E-state index contributed by atoms with van der Waals surface area (Å²) in [6.45, 7) is -0.855. The molecule has 0 bridgehead atoms. The zero-order valence-electron chi connectivity index (χ0n) is 17.8. The van der Waals surface area contributed by atoms with E-state index in [0.717, 1.165) is 24.3 Å². The average molecular weight is 554 g/mol. The first-order valence-corrected chi connectivity index (χ1v) is 10.8. The van der Waals surface area contributed by atoms with E-state index in [-0.39, 0.29) is 32.5 Å². The van der Waals surface area contributed by atoms with E-state index in [9.17, 15) is 39.4 Å². The first-order chi connectivity index (χ1) is 17.1. The molecule has 1 aliphatic carbocycles. The number of carbonyl (C=O) groups excluding carboxylic acids is 4. The van der Waals surface area contributed by atoms with Gasteiger partial charge in [-0.1, -0.05) is 24.3 Å². The maximum atomic E-state index is 13.0. The molecule has 1 aliphatic rings. The van der Waals surface area contributed by atoms with Crippen LogP contribution in [0.3, 0.4) is 0 Å². The lowest BCUT2D eigenvalue weighted by Crippen LogP contribution is -2.25. The van der Waals surface area contributed by atoms with Crippen molar-refractivity contribution >= 4 is 56.4 Å². The predicted octanol–water partition coefficient (Wildman–Crippen LogP) is 3.84. The van der Waals surface area contributed by atoms with Gasteiger partial charge < -0.3 is 10.1 Å². The molecule has 180 valence electrons. The molecule has 1 amide bonds. The molecule has 3 aromatic rings. The van der Waals surface area contributed by atoms with Crippen molar-refractivity contribution in [1.29, 1.82) is 0 Å². The molecule has 0 spiro atoms. The van der Waals surface area contributed by atoms with Gasteiger partial charge in [0.2, 0.25) is 5.78 Å². The van der Waals surface area contributed by atoms with Crippen LogP contribution in [0.25, 0.3) is 0 Å². The highest BCUT2D eigenvalue weighted by molar-refractivity contribution is 9.10. The molecule has 3 aromatic carbocycles. The minimum absolute atomic E-state index is 0.0309. The van der Waals surface area contributed by atoms with E-state index in [0.29, 0.717) is 0 Å². The Morgan fingerprint density at radius 1 is 0.889 bits per heavy atom. The number of nitrogens with zero attached hydrogens (tertiary/aromatic N) is 2. The second-order valence-electron chi connectivity index (χ2n) is 7.39. The number of nitro benzene ring substituents is 2. The summed E-state index contributed by atoms with van der Waals surface area (Å²) < 4.78 is 5.10. The Labute approximate surface area is 209 Å². The van der Waals surface area contributed by atoms with Gasteiger partial charge in [0, 0.05) is 33.3 Å². The summed E-state index contributed by atoms with van der Waals surface area (Å²) in [5.74, 6) is -3.49. The standard InChI is InChI=1S/C23H12BrN3O9/c24-16-9-11(26(32)33)5-8-17(16)25-18(28)10-36-23(31)15-7-6-14-19(20(15)27(34)35)22(30)13-4-2-1-3-12(13)21(14)29/h1-9H,10H2,(H,25,28). The van der Waals surface area contributed by atoms with Crippen molar-refractivity contribution in [2.45, 2.75) is 0 Å². The van der Waals surface area contributed by atoms with Crippen LogP contribution in [0.5, 0.6) is 0 Å². The smallest absolute Gasteiger partial charge is 0.345 e. The number of nitrogens with one attached hydrogen (secondary N) is 1. The number of hydrogen-bond donors (Lipinski definition) is 1. The fourth-order valence-electron chi connectivity index (χ4n) is 3.64. The summed E-state index contributed by atoms with van der Waals surface area (Å²) in [5.41, 5.74) is -2.26. The molecule has 0 atom stereocenters. The number of ether oxygens (including phenoxy) is 1. The summed E-state index contributed by atoms with van der Waals surface area (Å²) in [5, 5.41) is 25.0. The third-order valence-corrected chi connectivity index (χ3v) is 5.90. The molecular weight excluding hydrogens is 542 g/mol. The molecule has 0 unspecified atom stereocenters. The maximum Gasteiger partial charge on any atom is 0.345 e. The summed E-state index contributed by atoms with van der Waals surface area (Å²) in [6, 6.07) is 11.5. The molecule has 12 nitrogen and oxygen atoms in total. The van der Waals surface area contributed by atoms with Crippen molar-refractivity contribution in [2.75, 3.05) is 11.9 Å². The zero-order valence-corrected chi connectivity index (χ0v) is 19.4. The summed E-state index contributed by atoms with van der Waals surface area (Å²) >= 11 is 3.08. The van der Waals surface area contributed by atoms with Crippen LogP contribution >= 0.6 is 15.9 Å². The lowest BCUT2D eigenvalue weighted by molar-refractivity contribution is -0.385.